The van der Waals surface area contributed by atoms with Crippen LogP contribution in [-0.2, 0) is 54.4 Å². The number of ketones is 3. The van der Waals surface area contributed by atoms with Gasteiger partial charge in [0.1, 0.15) is 18.2 Å². The Bertz CT molecular complexity index is 3100. The standard InChI is InChI=1S/C84H148N14O12S/c1-4-7-10-12-14-16-18-20-22-24-26-28-30-44-75(103)109-60-68(110-76(104)45-31-29-27-25-23-21-19-17-15-13-11-8-5-2)61-111-62-69(89)72(100)57-66(59-99)82(107)94-71(43-35-39-53-88)74(102)56-65(41-33-37-51-86)81(106)93-70(42-34-38-52-87)73(101)55-64(40-32-36-50-85)80(105)92-67-48-46-63(47-49-67)58-98-79-77(95-84(98)108)78(90)96-83(97-79)91-54-9-6-3/h46-49,64-66,68-71,99H,4-45,50-62,85-89H2,1-3H3,(H,92,105)(H,93,106)(H,94,107)(H,95,108)(H3,90,91,96,97)/t64?,65-,66+,68?,69+,70?,71?/m1/s1. The molecule has 2 heterocycles. The van der Waals surface area contributed by atoms with Gasteiger partial charge in [-0.05, 0) is 127 Å². The summed E-state index contributed by atoms with van der Waals surface area (Å²) in [4.78, 5) is 137. The van der Waals surface area contributed by atoms with Crippen LogP contribution in [0.2, 0.25) is 0 Å². The molecule has 7 atom stereocenters. The molecule has 1 aromatic carbocycles. The number of imidazole rings is 1. The molecule has 27 heteroatoms. The van der Waals surface area contributed by atoms with Crippen LogP contribution in [0.4, 0.5) is 17.5 Å². The summed E-state index contributed by atoms with van der Waals surface area (Å²) in [6.45, 7) is 7.78. The molecule has 0 aliphatic rings. The Morgan fingerprint density at radius 1 is 0.514 bits per heavy atom. The predicted octanol–water partition coefficient (Wildman–Crippen LogP) is 12.6. The van der Waals surface area contributed by atoms with Crippen LogP contribution in [-0.4, -0.2) is 153 Å². The number of thioether (sulfide) groups is 1. The summed E-state index contributed by atoms with van der Waals surface area (Å²) < 4.78 is 13.1. The van der Waals surface area contributed by atoms with E-state index >= 15 is 0 Å². The number of nitrogens with two attached hydrogens (primary N) is 6. The van der Waals surface area contributed by atoms with Crippen molar-refractivity contribution in [2.45, 2.75) is 340 Å². The number of carbonyl (C=O) groups excluding carboxylic acids is 8. The molecule has 26 nitrogen and oxygen atoms in total. The first-order chi connectivity index (χ1) is 53.9. The van der Waals surface area contributed by atoms with Crippen LogP contribution in [0.3, 0.4) is 0 Å². The smallest absolute Gasteiger partial charge is 0.328 e. The summed E-state index contributed by atoms with van der Waals surface area (Å²) in [5.74, 6) is -6.19. The number of nitrogens with zero attached hydrogens (tertiary/aromatic N) is 3. The number of carbonyl (C=O) groups is 8. The van der Waals surface area contributed by atoms with Crippen molar-refractivity contribution in [2.24, 2.45) is 46.4 Å². The van der Waals surface area contributed by atoms with Crippen molar-refractivity contribution in [1.29, 1.82) is 0 Å². The molecule has 0 saturated carbocycles. The van der Waals surface area contributed by atoms with E-state index in [2.05, 4.69) is 57.0 Å². The molecule has 3 aromatic rings. The van der Waals surface area contributed by atoms with Gasteiger partial charge in [0.05, 0.1) is 37.2 Å². The molecule has 4 unspecified atom stereocenters. The van der Waals surface area contributed by atoms with Gasteiger partial charge in [0.15, 0.2) is 28.8 Å². The molecule has 632 valence electrons. The van der Waals surface area contributed by atoms with E-state index in [1.54, 1.807) is 24.3 Å². The fourth-order valence-corrected chi connectivity index (χ4v) is 14.7. The number of rotatable bonds is 73. The zero-order valence-corrected chi connectivity index (χ0v) is 69.2. The summed E-state index contributed by atoms with van der Waals surface area (Å²) in [5, 5.41) is 22.5. The van der Waals surface area contributed by atoms with Crippen LogP contribution in [0, 0.1) is 17.8 Å². The zero-order valence-electron chi connectivity index (χ0n) is 68.4. The first kappa shape index (κ1) is 98.8. The van der Waals surface area contributed by atoms with Gasteiger partial charge in [0.2, 0.25) is 23.7 Å². The van der Waals surface area contributed by atoms with Crippen molar-refractivity contribution in [2.75, 3.05) is 73.8 Å². The molecule has 0 radical (unpaired) electrons. The van der Waals surface area contributed by atoms with E-state index in [-0.39, 0.29) is 93.1 Å². The summed E-state index contributed by atoms with van der Waals surface area (Å²) in [5.41, 5.74) is 37.7. The normalized spacial score (nSPS) is 13.4. The third-order valence-electron chi connectivity index (χ3n) is 20.7. The molecule has 0 aliphatic carbocycles. The van der Waals surface area contributed by atoms with Gasteiger partial charge in [-0.1, -0.05) is 206 Å². The maximum Gasteiger partial charge on any atom is 0.328 e. The molecule has 3 amide bonds. The van der Waals surface area contributed by atoms with Gasteiger partial charge < -0.3 is 75.2 Å². The minimum absolute atomic E-state index is 0.0693. The Morgan fingerprint density at radius 3 is 1.41 bits per heavy atom. The van der Waals surface area contributed by atoms with Gasteiger partial charge in [-0.3, -0.25) is 42.9 Å². The van der Waals surface area contributed by atoms with Gasteiger partial charge in [0, 0.05) is 67.7 Å². The molecule has 111 heavy (non-hydrogen) atoms. The maximum atomic E-state index is 14.6. The maximum absolute atomic E-state index is 14.6. The minimum Gasteiger partial charge on any atom is -0.462 e. The third kappa shape index (κ3) is 44.2. The largest absolute Gasteiger partial charge is 0.462 e. The molecule has 18 N–H and O–H groups in total. The quantitative estimate of drug-likeness (QED) is 0.0184. The van der Waals surface area contributed by atoms with Gasteiger partial charge in [-0.15, -0.1) is 0 Å². The van der Waals surface area contributed by atoms with E-state index in [0.717, 1.165) is 56.9 Å². The number of aliphatic hydroxyl groups excluding tert-OH is 1. The molecule has 0 aliphatic heterocycles. The highest BCUT2D eigenvalue weighted by Crippen LogP contribution is 2.25. The lowest BCUT2D eigenvalue weighted by Crippen LogP contribution is -2.48. The van der Waals surface area contributed by atoms with E-state index in [1.807, 2.05) is 0 Å². The van der Waals surface area contributed by atoms with Gasteiger partial charge >= 0.3 is 17.6 Å². The summed E-state index contributed by atoms with van der Waals surface area (Å²) in [6, 6.07) is 3.69. The number of aromatic nitrogens is 4. The first-order valence-corrected chi connectivity index (χ1v) is 44.2. The first-order valence-electron chi connectivity index (χ1n) is 43.0. The van der Waals surface area contributed by atoms with E-state index in [0.29, 0.717) is 126 Å². The van der Waals surface area contributed by atoms with E-state index < -0.39 is 90.0 Å². The number of H-pyrrole nitrogens is 1. The number of ether oxygens (including phenoxy) is 2. The Kier molecular flexibility index (Phi) is 56.1. The fraction of sp³-hybridized carbons (Fsp3) is 0.774. The number of unbranched alkanes of at least 4 members (excludes halogenated alkanes) is 29. The Labute approximate surface area is 668 Å². The van der Waals surface area contributed by atoms with Crippen LogP contribution in [0.1, 0.15) is 315 Å². The number of anilines is 3. The number of aliphatic hydroxyl groups is 1. The number of aromatic amines is 1. The highest BCUT2D eigenvalue weighted by atomic mass is 32.2. The van der Waals surface area contributed by atoms with Crippen molar-refractivity contribution < 1.29 is 52.9 Å². The number of benzene rings is 1. The summed E-state index contributed by atoms with van der Waals surface area (Å²) in [6.07, 6.45) is 36.3. The van der Waals surface area contributed by atoms with Crippen molar-refractivity contribution in [3.63, 3.8) is 0 Å². The van der Waals surface area contributed by atoms with Crippen molar-refractivity contribution in [3.05, 3.63) is 40.3 Å². The zero-order chi connectivity index (χ0) is 81.1. The highest BCUT2D eigenvalue weighted by molar-refractivity contribution is 7.99. The Balaban J connectivity index is 1.68. The SMILES string of the molecule is CCCCCCCCCCCCCCCC(=O)OCC(CSC[C@H](N)C(=O)C[C@@H](CO)C(=O)NC(CCCCN)C(=O)C[C@@H](CCCCN)C(=O)NC(CCCCN)C(=O)CC(CCCCN)C(=O)Nc1ccc(Cn2c(=O)[nH]c3c(N)nc(NCCCC)nc32)cc1)OC(=O)CCCCCCCCCCCCCCC. The minimum atomic E-state index is -1.28. The molecule has 0 bridgehead atoms. The molecule has 0 spiro atoms. The average molecular weight is 1580 g/mol. The number of fused-ring (bicyclic) bond motifs is 1. The van der Waals surface area contributed by atoms with E-state index in [1.165, 1.54) is 132 Å². The number of hydrogen-bond acceptors (Lipinski definition) is 22. The van der Waals surface area contributed by atoms with Crippen LogP contribution in [0.25, 0.3) is 11.2 Å². The molecule has 0 fully saturated rings. The average Bonchev–Trinajstić information content (AvgIpc) is 1.64. The number of esters is 2. The Morgan fingerprint density at radius 2 is 0.946 bits per heavy atom. The lowest BCUT2D eigenvalue weighted by atomic mass is 9.88. The van der Waals surface area contributed by atoms with Crippen molar-refractivity contribution in [1.82, 2.24) is 30.2 Å². The van der Waals surface area contributed by atoms with Gasteiger partial charge in [-0.2, -0.15) is 21.7 Å². The number of nitrogen functional groups attached to an aromatic ring is 1. The fourth-order valence-electron chi connectivity index (χ4n) is 13.7. The summed E-state index contributed by atoms with van der Waals surface area (Å²) in [7, 11) is 0. The van der Waals surface area contributed by atoms with E-state index in [4.69, 9.17) is 43.9 Å². The number of Topliss-reactive ketones (excluding diaryl/α,β-unsaturated/α-hetero) is 3. The van der Waals surface area contributed by atoms with Crippen LogP contribution in [0.5, 0.6) is 0 Å². The van der Waals surface area contributed by atoms with Gasteiger partial charge in [-0.25, -0.2) is 4.79 Å². The second-order valence-electron chi connectivity index (χ2n) is 30.6. The highest BCUT2D eigenvalue weighted by Gasteiger charge is 2.34. The molecule has 0 saturated heterocycles. The molecule has 3 rings (SSSR count). The van der Waals surface area contributed by atoms with Gasteiger partial charge in [0.25, 0.3) is 0 Å². The topological polar surface area (TPSA) is 443 Å². The van der Waals surface area contributed by atoms with Crippen LogP contribution >= 0.6 is 11.8 Å². The second-order valence-corrected chi connectivity index (χ2v) is 31.7. The lowest BCUT2D eigenvalue weighted by molar-refractivity contribution is -0.157. The number of hydrogen-bond donors (Lipinski definition) is 12. The van der Waals surface area contributed by atoms with E-state index in [9.17, 15) is 48.3 Å². The number of nitrogens with one attached hydrogen (secondary N) is 5. The predicted molar refractivity (Wildman–Crippen MR) is 449 cm³/mol. The lowest BCUT2D eigenvalue weighted by Gasteiger charge is -2.26. The Hall–Kier alpha value is -6.36. The van der Waals surface area contributed by atoms with Crippen molar-refractivity contribution in [3.8, 4) is 0 Å². The van der Waals surface area contributed by atoms with Crippen LogP contribution < -0.4 is 61.4 Å². The molecular weight excluding hydrogens is 1430 g/mol. The van der Waals surface area contributed by atoms with Crippen LogP contribution in [0.15, 0.2) is 29.1 Å². The van der Waals surface area contributed by atoms with Crippen molar-refractivity contribution >= 4 is 87.4 Å². The molecule has 2 aromatic heterocycles. The summed E-state index contributed by atoms with van der Waals surface area (Å²) >= 11 is 1.25. The monoisotopic (exact) mass is 1580 g/mol. The number of amides is 3. The second kappa shape index (κ2) is 63.0. The molecular formula is C84H148N14O12S. The third-order valence-corrected chi connectivity index (χ3v) is 21.9.